The summed E-state index contributed by atoms with van der Waals surface area (Å²) in [5.41, 5.74) is 4.16. The SMILES string of the molecule is COc1cc(-c2cccc(-c3cccc(NC(=O)C4CN(C)C(=O)N(C)C4=O)c3C)c2Cl)cc(F)c1CN[C@H]1CCC[C@@H]1O. The molecule has 1 unspecified atom stereocenters. The Balaban J connectivity index is 1.42. The number of anilines is 1. The summed E-state index contributed by atoms with van der Waals surface area (Å²) >= 11 is 6.97. The van der Waals surface area contributed by atoms with Gasteiger partial charge in [-0.15, -0.1) is 0 Å². The molecule has 3 atom stereocenters. The zero-order chi connectivity index (χ0) is 31.7. The summed E-state index contributed by atoms with van der Waals surface area (Å²) in [4.78, 5) is 40.2. The lowest BCUT2D eigenvalue weighted by Gasteiger charge is -2.33. The van der Waals surface area contributed by atoms with Gasteiger partial charge >= 0.3 is 6.03 Å². The lowest BCUT2D eigenvalue weighted by molar-refractivity contribution is -0.140. The van der Waals surface area contributed by atoms with Crippen LogP contribution in [0, 0.1) is 18.7 Å². The van der Waals surface area contributed by atoms with Crippen LogP contribution in [-0.2, 0) is 16.1 Å². The zero-order valence-corrected chi connectivity index (χ0v) is 25.9. The number of urea groups is 1. The van der Waals surface area contributed by atoms with Gasteiger partial charge in [0, 0.05) is 55.6 Å². The fourth-order valence-corrected chi connectivity index (χ4v) is 6.32. The number of nitrogens with zero attached hydrogens (tertiary/aromatic N) is 2. The van der Waals surface area contributed by atoms with E-state index in [0.29, 0.717) is 38.7 Å². The van der Waals surface area contributed by atoms with E-state index in [-0.39, 0.29) is 19.1 Å². The molecular formula is C33H36ClFN4O5. The van der Waals surface area contributed by atoms with Gasteiger partial charge in [-0.3, -0.25) is 14.5 Å². The average molecular weight is 623 g/mol. The van der Waals surface area contributed by atoms with Gasteiger partial charge in [-0.25, -0.2) is 9.18 Å². The predicted octanol–water partition coefficient (Wildman–Crippen LogP) is 5.21. The van der Waals surface area contributed by atoms with Crippen molar-refractivity contribution < 1.29 is 28.6 Å². The minimum Gasteiger partial charge on any atom is -0.496 e. The number of ether oxygens (including phenoxy) is 1. The van der Waals surface area contributed by atoms with Gasteiger partial charge < -0.3 is 25.4 Å². The number of hydrogen-bond acceptors (Lipinski definition) is 6. The molecule has 1 saturated carbocycles. The summed E-state index contributed by atoms with van der Waals surface area (Å²) in [5, 5.41) is 16.6. The quantitative estimate of drug-likeness (QED) is 0.298. The van der Waals surface area contributed by atoms with E-state index in [2.05, 4.69) is 10.6 Å². The second-order valence-corrected chi connectivity index (χ2v) is 11.7. The predicted molar refractivity (Wildman–Crippen MR) is 167 cm³/mol. The second-order valence-electron chi connectivity index (χ2n) is 11.4. The molecule has 1 heterocycles. The van der Waals surface area contributed by atoms with Crippen molar-refractivity contribution >= 4 is 35.1 Å². The number of aliphatic hydroxyl groups excluding tert-OH is 1. The largest absolute Gasteiger partial charge is 0.496 e. The number of imide groups is 1. The Morgan fingerprint density at radius 3 is 2.50 bits per heavy atom. The van der Waals surface area contributed by atoms with Gasteiger partial charge in [-0.05, 0) is 61.1 Å². The van der Waals surface area contributed by atoms with Crippen LogP contribution in [0.4, 0.5) is 14.9 Å². The number of amides is 4. The van der Waals surface area contributed by atoms with E-state index in [1.807, 2.05) is 25.1 Å². The third-order valence-corrected chi connectivity index (χ3v) is 9.01. The van der Waals surface area contributed by atoms with Gasteiger partial charge in [-0.1, -0.05) is 41.9 Å². The van der Waals surface area contributed by atoms with Crippen LogP contribution in [-0.4, -0.2) is 72.6 Å². The number of carbonyl (C=O) groups excluding carboxylic acids is 3. The van der Waals surface area contributed by atoms with Crippen LogP contribution in [0.2, 0.25) is 5.02 Å². The highest BCUT2D eigenvalue weighted by Gasteiger charge is 2.39. The normalized spacial score (nSPS) is 20.3. The van der Waals surface area contributed by atoms with Gasteiger partial charge in [-0.2, -0.15) is 0 Å². The second kappa shape index (κ2) is 12.9. The molecule has 232 valence electrons. The van der Waals surface area contributed by atoms with E-state index in [4.69, 9.17) is 16.3 Å². The van der Waals surface area contributed by atoms with E-state index >= 15 is 4.39 Å². The number of carbonyl (C=O) groups is 3. The monoisotopic (exact) mass is 622 g/mol. The van der Waals surface area contributed by atoms with E-state index in [1.54, 1.807) is 31.3 Å². The van der Waals surface area contributed by atoms with Gasteiger partial charge in [0.2, 0.25) is 11.8 Å². The third kappa shape index (κ3) is 6.02. The molecular weight excluding hydrogens is 587 g/mol. The summed E-state index contributed by atoms with van der Waals surface area (Å²) < 4.78 is 21.0. The maximum atomic E-state index is 15.5. The van der Waals surface area contributed by atoms with Crippen LogP contribution in [0.15, 0.2) is 48.5 Å². The minimum atomic E-state index is -1.04. The number of hydrogen-bond donors (Lipinski definition) is 3. The van der Waals surface area contributed by atoms with Gasteiger partial charge in [0.05, 0.1) is 18.2 Å². The zero-order valence-electron chi connectivity index (χ0n) is 25.1. The smallest absolute Gasteiger partial charge is 0.326 e. The van der Waals surface area contributed by atoms with Gasteiger partial charge in [0.15, 0.2) is 0 Å². The van der Waals surface area contributed by atoms with Crippen molar-refractivity contribution in [1.82, 2.24) is 15.1 Å². The number of rotatable bonds is 8. The first-order chi connectivity index (χ1) is 21.0. The number of nitrogens with one attached hydrogen (secondary N) is 2. The first-order valence-electron chi connectivity index (χ1n) is 14.5. The van der Waals surface area contributed by atoms with Gasteiger partial charge in [0.25, 0.3) is 0 Å². The highest BCUT2D eigenvalue weighted by Crippen LogP contribution is 2.41. The molecule has 44 heavy (non-hydrogen) atoms. The van der Waals surface area contributed by atoms with Crippen LogP contribution in [0.3, 0.4) is 0 Å². The Bertz CT molecular complexity index is 1620. The van der Waals surface area contributed by atoms with Gasteiger partial charge in [0.1, 0.15) is 17.5 Å². The van der Waals surface area contributed by atoms with Crippen molar-refractivity contribution in [3.05, 3.63) is 70.5 Å². The lowest BCUT2D eigenvalue weighted by atomic mass is 9.94. The molecule has 1 aliphatic carbocycles. The fraction of sp³-hybridized carbons (Fsp3) is 0.364. The minimum absolute atomic E-state index is 0.0160. The summed E-state index contributed by atoms with van der Waals surface area (Å²) in [5.74, 6) is -2.19. The standard InChI is InChI=1S/C33H36ClFN4O5/c1-18-20(8-6-11-26(18)37-31(41)24-17-38(2)33(43)39(3)32(24)42)22-10-5-9-21(30(22)34)19-14-25(35)23(29(15-19)44-4)16-36-27-12-7-13-28(27)40/h5-6,8-11,14-15,24,27-28,36,40H,7,12-13,16-17H2,1-4H3,(H,37,41)/t24?,27-,28-/m0/s1. The highest BCUT2D eigenvalue weighted by atomic mass is 35.5. The van der Waals surface area contributed by atoms with Crippen LogP contribution in [0.1, 0.15) is 30.4 Å². The van der Waals surface area contributed by atoms with Crippen LogP contribution in [0.5, 0.6) is 5.75 Å². The molecule has 3 N–H and O–H groups in total. The van der Waals surface area contributed by atoms with E-state index in [1.165, 1.54) is 25.1 Å². The maximum Gasteiger partial charge on any atom is 0.326 e. The molecule has 3 aromatic carbocycles. The molecule has 2 aliphatic rings. The maximum absolute atomic E-state index is 15.5. The molecule has 1 saturated heterocycles. The number of benzene rings is 3. The van der Waals surface area contributed by atoms with Crippen molar-refractivity contribution in [3.8, 4) is 28.0 Å². The average Bonchev–Trinajstić information content (AvgIpc) is 3.42. The van der Waals surface area contributed by atoms with Crippen LogP contribution in [0.25, 0.3) is 22.3 Å². The molecule has 0 spiro atoms. The topological polar surface area (TPSA) is 111 Å². The Morgan fingerprint density at radius 2 is 1.80 bits per heavy atom. The number of aliphatic hydroxyl groups is 1. The van der Waals surface area contributed by atoms with E-state index in [0.717, 1.165) is 35.3 Å². The summed E-state index contributed by atoms with van der Waals surface area (Å²) in [6.45, 7) is 2.04. The molecule has 4 amide bonds. The van der Waals surface area contributed by atoms with Crippen molar-refractivity contribution in [2.24, 2.45) is 5.92 Å². The fourth-order valence-electron chi connectivity index (χ4n) is 5.99. The number of methoxy groups -OCH3 is 1. The molecule has 0 radical (unpaired) electrons. The van der Waals surface area contributed by atoms with Crippen LogP contribution < -0.4 is 15.4 Å². The van der Waals surface area contributed by atoms with Crippen molar-refractivity contribution in [2.75, 3.05) is 33.1 Å². The Labute approximate surface area is 260 Å². The summed E-state index contributed by atoms with van der Waals surface area (Å²) in [6.07, 6.45) is 2.06. The van der Waals surface area contributed by atoms with E-state index < -0.39 is 35.7 Å². The van der Waals surface area contributed by atoms with Crippen molar-refractivity contribution in [3.63, 3.8) is 0 Å². The Hall–Kier alpha value is -3.99. The third-order valence-electron chi connectivity index (χ3n) is 8.60. The molecule has 0 bridgehead atoms. The summed E-state index contributed by atoms with van der Waals surface area (Å²) in [6, 6.07) is 13.5. The van der Waals surface area contributed by atoms with Crippen molar-refractivity contribution in [2.45, 2.75) is 44.9 Å². The first kappa shape index (κ1) is 31.4. The Morgan fingerprint density at radius 1 is 1.09 bits per heavy atom. The summed E-state index contributed by atoms with van der Waals surface area (Å²) in [7, 11) is 4.39. The highest BCUT2D eigenvalue weighted by molar-refractivity contribution is 6.36. The lowest BCUT2D eigenvalue weighted by Crippen LogP contribution is -2.56. The molecule has 11 heteroatoms. The molecule has 5 rings (SSSR count). The molecule has 3 aromatic rings. The molecule has 9 nitrogen and oxygen atoms in total. The Kier molecular flexibility index (Phi) is 9.24. The van der Waals surface area contributed by atoms with Crippen molar-refractivity contribution in [1.29, 1.82) is 0 Å². The number of halogens is 2. The molecule has 1 aliphatic heterocycles. The molecule has 2 fully saturated rings. The van der Waals surface area contributed by atoms with Crippen LogP contribution >= 0.6 is 11.6 Å². The molecule has 0 aromatic heterocycles. The first-order valence-corrected chi connectivity index (χ1v) is 14.9. The van der Waals surface area contributed by atoms with E-state index in [9.17, 15) is 19.5 Å².